The Balaban J connectivity index is 1.70. The van der Waals surface area contributed by atoms with Crippen molar-refractivity contribution in [1.29, 1.82) is 0 Å². The van der Waals surface area contributed by atoms with E-state index in [1.54, 1.807) is 18.3 Å². The van der Waals surface area contributed by atoms with Crippen LogP contribution in [0, 0.1) is 17.5 Å². The molecule has 2 heterocycles. The molecule has 130 valence electrons. The maximum absolute atomic E-state index is 14.0. The normalized spacial score (nSPS) is 11.2. The van der Waals surface area contributed by atoms with Crippen LogP contribution in [0.25, 0.3) is 22.8 Å². The fraction of sp³-hybridized carbons (Fsp3) is 0.0556. The molecule has 0 aliphatic carbocycles. The van der Waals surface area contributed by atoms with Crippen molar-refractivity contribution >= 4 is 15.9 Å². The number of imidazole rings is 1. The Morgan fingerprint density at radius 3 is 2.58 bits per heavy atom. The molecule has 0 atom stereocenters. The van der Waals surface area contributed by atoms with Crippen LogP contribution in [0.15, 0.2) is 53.3 Å². The van der Waals surface area contributed by atoms with Gasteiger partial charge in [0.05, 0.1) is 24.5 Å². The summed E-state index contributed by atoms with van der Waals surface area (Å²) in [4.78, 5) is 8.43. The molecule has 2 aliphatic heterocycles. The van der Waals surface area contributed by atoms with Gasteiger partial charge in [0, 0.05) is 10.0 Å². The molecular formula is C18H10BrF3N4. The SMILES string of the molecule is Fc1cc(Br)ccc1Cn1cc2nc(-c3cccc(F)c3F)nc-2cn1. The third kappa shape index (κ3) is 3.08. The Bertz CT molecular complexity index is 1080. The summed E-state index contributed by atoms with van der Waals surface area (Å²) in [6.07, 6.45) is 3.05. The highest BCUT2D eigenvalue weighted by atomic mass is 79.9. The van der Waals surface area contributed by atoms with Crippen LogP contribution in [0.2, 0.25) is 0 Å². The van der Waals surface area contributed by atoms with Crippen molar-refractivity contribution in [3.8, 4) is 22.8 Å². The zero-order valence-electron chi connectivity index (χ0n) is 13.1. The van der Waals surface area contributed by atoms with Crippen LogP contribution in [-0.2, 0) is 6.54 Å². The molecule has 0 amide bonds. The minimum Gasteiger partial charge on any atom is -0.266 e. The second-order valence-corrected chi connectivity index (χ2v) is 6.54. The summed E-state index contributed by atoms with van der Waals surface area (Å²) in [5.74, 6) is -2.24. The second kappa shape index (κ2) is 6.53. The lowest BCUT2D eigenvalue weighted by molar-refractivity contribution is 0.510. The van der Waals surface area contributed by atoms with Crippen LogP contribution in [0.5, 0.6) is 0 Å². The van der Waals surface area contributed by atoms with Gasteiger partial charge in [-0.15, -0.1) is 0 Å². The van der Waals surface area contributed by atoms with Crippen LogP contribution in [0.1, 0.15) is 5.56 Å². The molecule has 0 aromatic heterocycles. The number of benzene rings is 2. The topological polar surface area (TPSA) is 43.6 Å². The van der Waals surface area contributed by atoms with Gasteiger partial charge in [0.15, 0.2) is 17.5 Å². The molecule has 0 saturated carbocycles. The number of halogens is 4. The predicted octanol–water partition coefficient (Wildman–Crippen LogP) is 4.67. The van der Waals surface area contributed by atoms with E-state index in [4.69, 9.17) is 0 Å². The van der Waals surface area contributed by atoms with Crippen LogP contribution >= 0.6 is 15.9 Å². The maximum atomic E-state index is 14.0. The quantitative estimate of drug-likeness (QED) is 0.485. The highest BCUT2D eigenvalue weighted by Crippen LogP contribution is 2.27. The van der Waals surface area contributed by atoms with E-state index in [-0.39, 0.29) is 23.7 Å². The Hall–Kier alpha value is -2.74. The molecule has 26 heavy (non-hydrogen) atoms. The minimum atomic E-state index is -0.999. The Morgan fingerprint density at radius 2 is 1.77 bits per heavy atom. The summed E-state index contributed by atoms with van der Waals surface area (Å²) < 4.78 is 43.5. The van der Waals surface area contributed by atoms with Gasteiger partial charge in [0.1, 0.15) is 17.2 Å². The highest BCUT2D eigenvalue weighted by molar-refractivity contribution is 9.10. The summed E-state index contributed by atoms with van der Waals surface area (Å²) in [6, 6.07) is 8.60. The fourth-order valence-electron chi connectivity index (χ4n) is 2.57. The van der Waals surface area contributed by atoms with Crippen LogP contribution in [-0.4, -0.2) is 19.7 Å². The molecule has 0 unspecified atom stereocenters. The molecule has 0 N–H and O–H groups in total. The van der Waals surface area contributed by atoms with E-state index in [0.717, 1.165) is 6.07 Å². The molecule has 8 heteroatoms. The molecule has 0 bridgehead atoms. The summed E-state index contributed by atoms with van der Waals surface area (Å²) in [5.41, 5.74) is 1.33. The summed E-state index contributed by atoms with van der Waals surface area (Å²) in [5, 5.41) is 4.18. The second-order valence-electron chi connectivity index (χ2n) is 5.63. The van der Waals surface area contributed by atoms with Crippen molar-refractivity contribution in [1.82, 2.24) is 19.7 Å². The van der Waals surface area contributed by atoms with Crippen LogP contribution in [0.4, 0.5) is 13.2 Å². The van der Waals surface area contributed by atoms with Gasteiger partial charge in [-0.3, -0.25) is 4.68 Å². The Labute approximate surface area is 154 Å². The third-order valence-corrected chi connectivity index (χ3v) is 4.35. The van der Waals surface area contributed by atoms with Crippen LogP contribution < -0.4 is 0 Å². The fourth-order valence-corrected chi connectivity index (χ4v) is 2.90. The lowest BCUT2D eigenvalue weighted by Gasteiger charge is -2.07. The van der Waals surface area contributed by atoms with Crippen molar-refractivity contribution in [2.75, 3.05) is 0 Å². The number of fused-ring (bicyclic) bond motifs is 1. The van der Waals surface area contributed by atoms with E-state index in [1.165, 1.54) is 29.1 Å². The molecule has 2 aromatic carbocycles. The highest BCUT2D eigenvalue weighted by Gasteiger charge is 2.18. The van der Waals surface area contributed by atoms with Gasteiger partial charge in [-0.2, -0.15) is 5.10 Å². The summed E-state index contributed by atoms with van der Waals surface area (Å²) in [7, 11) is 0. The van der Waals surface area contributed by atoms with Crippen molar-refractivity contribution in [2.24, 2.45) is 0 Å². The van der Waals surface area contributed by atoms with Gasteiger partial charge in [-0.1, -0.05) is 28.1 Å². The van der Waals surface area contributed by atoms with E-state index < -0.39 is 11.6 Å². The Morgan fingerprint density at radius 1 is 0.962 bits per heavy atom. The molecule has 0 radical (unpaired) electrons. The zero-order valence-corrected chi connectivity index (χ0v) is 14.7. The lowest BCUT2D eigenvalue weighted by atomic mass is 10.2. The molecule has 4 nitrogen and oxygen atoms in total. The summed E-state index contributed by atoms with van der Waals surface area (Å²) in [6.45, 7) is 0.200. The van der Waals surface area contributed by atoms with E-state index in [2.05, 4.69) is 31.0 Å². The molecule has 2 aromatic rings. The van der Waals surface area contributed by atoms with Gasteiger partial charge in [0.2, 0.25) is 0 Å². The molecule has 2 aliphatic rings. The summed E-state index contributed by atoms with van der Waals surface area (Å²) >= 11 is 3.21. The molecule has 0 spiro atoms. The third-order valence-electron chi connectivity index (χ3n) is 3.85. The standard InChI is InChI=1S/C18H10BrF3N4/c19-11-5-4-10(14(21)6-11)8-26-9-16-15(7-23-26)24-18(25-16)12-2-1-3-13(20)17(12)22/h1-7,9H,8H2. The first-order valence-electron chi connectivity index (χ1n) is 7.60. The van der Waals surface area contributed by atoms with E-state index in [1.807, 2.05) is 0 Å². The number of nitrogens with zero attached hydrogens (tertiary/aromatic N) is 4. The zero-order chi connectivity index (χ0) is 18.3. The van der Waals surface area contributed by atoms with Crippen molar-refractivity contribution < 1.29 is 13.2 Å². The van der Waals surface area contributed by atoms with Crippen molar-refractivity contribution in [2.45, 2.75) is 6.54 Å². The first-order valence-corrected chi connectivity index (χ1v) is 8.39. The number of hydrogen-bond donors (Lipinski definition) is 0. The van der Waals surface area contributed by atoms with Crippen molar-refractivity contribution in [3.05, 3.63) is 76.3 Å². The Kier molecular flexibility index (Phi) is 4.20. The maximum Gasteiger partial charge on any atom is 0.169 e. The lowest BCUT2D eigenvalue weighted by Crippen LogP contribution is -2.07. The average Bonchev–Trinajstić information content (AvgIpc) is 3.03. The van der Waals surface area contributed by atoms with Gasteiger partial charge in [-0.05, 0) is 24.3 Å². The van der Waals surface area contributed by atoms with Gasteiger partial charge < -0.3 is 0 Å². The molecular weight excluding hydrogens is 409 g/mol. The first kappa shape index (κ1) is 16.7. The number of hydrogen-bond acceptors (Lipinski definition) is 3. The van der Waals surface area contributed by atoms with E-state index in [0.29, 0.717) is 21.4 Å². The van der Waals surface area contributed by atoms with E-state index >= 15 is 0 Å². The molecule has 0 fully saturated rings. The number of aromatic nitrogens is 4. The molecule has 0 saturated heterocycles. The minimum absolute atomic E-state index is 0.0216. The van der Waals surface area contributed by atoms with Gasteiger partial charge in [-0.25, -0.2) is 23.1 Å². The number of rotatable bonds is 3. The van der Waals surface area contributed by atoms with E-state index in [9.17, 15) is 13.2 Å². The monoisotopic (exact) mass is 418 g/mol. The van der Waals surface area contributed by atoms with Crippen LogP contribution in [0.3, 0.4) is 0 Å². The largest absolute Gasteiger partial charge is 0.266 e. The first-order chi connectivity index (χ1) is 12.5. The smallest absolute Gasteiger partial charge is 0.169 e. The van der Waals surface area contributed by atoms with Gasteiger partial charge in [0.25, 0.3) is 0 Å². The predicted molar refractivity (Wildman–Crippen MR) is 93.0 cm³/mol. The molecule has 4 rings (SSSR count). The van der Waals surface area contributed by atoms with Crippen molar-refractivity contribution in [3.63, 3.8) is 0 Å². The average molecular weight is 419 g/mol. The van der Waals surface area contributed by atoms with Gasteiger partial charge >= 0.3 is 0 Å².